The molecule has 0 aromatic heterocycles. The smallest absolute Gasteiger partial charge is 0.309 e. The topological polar surface area (TPSA) is 46.2 Å². The number of hydrogen-bond acceptors (Lipinski definition) is 3. The lowest BCUT2D eigenvalue weighted by Gasteiger charge is -2.12. The average molecular weight is 307 g/mol. The summed E-state index contributed by atoms with van der Waals surface area (Å²) in [7, 11) is -3.26. The van der Waals surface area contributed by atoms with Crippen LogP contribution in [0.5, 0.6) is 0 Å². The van der Waals surface area contributed by atoms with Gasteiger partial charge in [-0.15, -0.1) is 0 Å². The summed E-state index contributed by atoms with van der Waals surface area (Å²) in [5.74, 6) is -0.0222. The summed E-state index contributed by atoms with van der Waals surface area (Å²) in [6.07, 6.45) is -4.49. The number of benzene rings is 1. The third kappa shape index (κ3) is 3.73. The van der Waals surface area contributed by atoms with Gasteiger partial charge < -0.3 is 5.32 Å². The molecular formula is C13H16F3NO2S. The number of halogens is 3. The first-order valence-electron chi connectivity index (χ1n) is 6.41. The van der Waals surface area contributed by atoms with Crippen LogP contribution in [-0.2, 0) is 9.84 Å². The maximum Gasteiger partial charge on any atom is 0.389 e. The highest BCUT2D eigenvalue weighted by atomic mass is 32.2. The number of fused-ring (bicyclic) bond motifs is 1. The molecule has 0 radical (unpaired) electrons. The van der Waals surface area contributed by atoms with E-state index >= 15 is 0 Å². The molecule has 0 spiro atoms. The first-order chi connectivity index (χ1) is 9.30. The molecule has 0 saturated carbocycles. The van der Waals surface area contributed by atoms with E-state index in [9.17, 15) is 21.6 Å². The van der Waals surface area contributed by atoms with E-state index in [1.807, 2.05) is 0 Å². The van der Waals surface area contributed by atoms with Crippen molar-refractivity contribution in [3.05, 3.63) is 29.8 Å². The Labute approximate surface area is 116 Å². The van der Waals surface area contributed by atoms with Crippen molar-refractivity contribution in [2.45, 2.75) is 36.4 Å². The Hall–Kier alpha value is -1.08. The minimum atomic E-state index is -4.12. The van der Waals surface area contributed by atoms with Gasteiger partial charge in [0.2, 0.25) is 0 Å². The first kappa shape index (κ1) is 15.3. The van der Waals surface area contributed by atoms with Crippen molar-refractivity contribution >= 4 is 9.84 Å². The van der Waals surface area contributed by atoms with Gasteiger partial charge in [0.1, 0.15) is 0 Å². The van der Waals surface area contributed by atoms with Gasteiger partial charge in [-0.25, -0.2) is 8.42 Å². The highest BCUT2D eigenvalue weighted by molar-refractivity contribution is 7.91. The van der Waals surface area contributed by atoms with E-state index in [-0.39, 0.29) is 18.2 Å². The van der Waals surface area contributed by atoms with Crippen LogP contribution in [0.4, 0.5) is 13.2 Å². The van der Waals surface area contributed by atoms with E-state index in [2.05, 4.69) is 5.32 Å². The molecule has 1 N–H and O–H groups in total. The van der Waals surface area contributed by atoms with Crippen molar-refractivity contribution in [3.8, 4) is 0 Å². The second-order valence-corrected chi connectivity index (χ2v) is 6.90. The largest absolute Gasteiger partial charge is 0.389 e. The minimum Gasteiger partial charge on any atom is -0.309 e. The zero-order valence-corrected chi connectivity index (χ0v) is 11.6. The molecule has 0 fully saturated rings. The monoisotopic (exact) mass is 307 g/mol. The van der Waals surface area contributed by atoms with Crippen LogP contribution in [0.2, 0.25) is 0 Å². The summed E-state index contributed by atoms with van der Waals surface area (Å²) in [5.41, 5.74) is 0.711. The fourth-order valence-corrected chi connectivity index (χ4v) is 4.12. The second kappa shape index (κ2) is 5.73. The SMILES string of the molecule is O=S1(=O)CC(NCCCCC(F)(F)F)c2ccccc21. The van der Waals surface area contributed by atoms with Gasteiger partial charge >= 0.3 is 6.18 Å². The molecule has 1 atom stereocenters. The number of alkyl halides is 3. The summed E-state index contributed by atoms with van der Waals surface area (Å²) in [4.78, 5) is 0.327. The molecule has 2 rings (SSSR count). The van der Waals surface area contributed by atoms with E-state index in [1.54, 1.807) is 24.3 Å². The molecule has 0 bridgehead atoms. The van der Waals surface area contributed by atoms with Crippen LogP contribution in [0, 0.1) is 0 Å². The van der Waals surface area contributed by atoms with Gasteiger partial charge in [0, 0.05) is 12.5 Å². The molecule has 0 aliphatic carbocycles. The molecule has 112 valence electrons. The lowest BCUT2D eigenvalue weighted by molar-refractivity contribution is -0.135. The fraction of sp³-hybridized carbons (Fsp3) is 0.538. The van der Waals surface area contributed by atoms with Crippen molar-refractivity contribution in [2.24, 2.45) is 0 Å². The standard InChI is InChI=1S/C13H16F3NO2S/c14-13(15,16)7-3-4-8-17-11-9-20(18,19)12-6-2-1-5-10(11)12/h1-2,5-6,11,17H,3-4,7-9H2. The number of hydrogen-bond donors (Lipinski definition) is 1. The highest BCUT2D eigenvalue weighted by Crippen LogP contribution is 2.32. The van der Waals surface area contributed by atoms with Gasteiger partial charge in [-0.3, -0.25) is 0 Å². The minimum absolute atomic E-state index is 0.0222. The molecule has 1 aliphatic rings. The predicted molar refractivity (Wildman–Crippen MR) is 69.1 cm³/mol. The molecule has 1 aromatic rings. The molecular weight excluding hydrogens is 291 g/mol. The lowest BCUT2D eigenvalue weighted by atomic mass is 10.1. The maximum absolute atomic E-state index is 12.0. The van der Waals surface area contributed by atoms with Crippen LogP contribution in [0.3, 0.4) is 0 Å². The Morgan fingerprint density at radius 2 is 1.90 bits per heavy atom. The Bertz CT molecular complexity index is 569. The summed E-state index contributed by atoms with van der Waals surface area (Å²) in [5, 5.41) is 3.03. The van der Waals surface area contributed by atoms with E-state index in [0.29, 0.717) is 23.4 Å². The molecule has 1 aromatic carbocycles. The Morgan fingerprint density at radius 3 is 2.60 bits per heavy atom. The Kier molecular flexibility index (Phi) is 4.39. The maximum atomic E-state index is 12.0. The third-order valence-corrected chi connectivity index (χ3v) is 5.11. The van der Waals surface area contributed by atoms with Gasteiger partial charge in [-0.1, -0.05) is 18.2 Å². The van der Waals surface area contributed by atoms with Gasteiger partial charge in [0.05, 0.1) is 10.6 Å². The molecule has 1 unspecified atom stereocenters. The normalized spacial score (nSPS) is 20.9. The van der Waals surface area contributed by atoms with Crippen molar-refractivity contribution in [1.29, 1.82) is 0 Å². The molecule has 7 heteroatoms. The van der Waals surface area contributed by atoms with Crippen molar-refractivity contribution < 1.29 is 21.6 Å². The first-order valence-corrected chi connectivity index (χ1v) is 8.07. The number of sulfone groups is 1. The Balaban J connectivity index is 1.87. The molecule has 0 saturated heterocycles. The van der Waals surface area contributed by atoms with Crippen LogP contribution >= 0.6 is 0 Å². The molecule has 20 heavy (non-hydrogen) atoms. The van der Waals surface area contributed by atoms with Crippen LogP contribution in [0.25, 0.3) is 0 Å². The van der Waals surface area contributed by atoms with E-state index in [1.165, 1.54) is 0 Å². The van der Waals surface area contributed by atoms with E-state index < -0.39 is 22.4 Å². The molecule has 0 amide bonds. The quantitative estimate of drug-likeness (QED) is 0.851. The lowest BCUT2D eigenvalue weighted by Crippen LogP contribution is -2.24. The van der Waals surface area contributed by atoms with Crippen molar-refractivity contribution in [2.75, 3.05) is 12.3 Å². The van der Waals surface area contributed by atoms with Gasteiger partial charge in [0.15, 0.2) is 9.84 Å². The van der Waals surface area contributed by atoms with Crippen LogP contribution < -0.4 is 5.32 Å². The molecule has 3 nitrogen and oxygen atoms in total. The summed E-state index contributed by atoms with van der Waals surface area (Å²) >= 11 is 0. The van der Waals surface area contributed by atoms with Gasteiger partial charge in [-0.05, 0) is 31.0 Å². The van der Waals surface area contributed by atoms with Crippen molar-refractivity contribution in [1.82, 2.24) is 5.32 Å². The van der Waals surface area contributed by atoms with Crippen molar-refractivity contribution in [3.63, 3.8) is 0 Å². The summed E-state index contributed by atoms with van der Waals surface area (Å²) < 4.78 is 59.7. The zero-order chi connectivity index (χ0) is 14.8. The number of rotatable bonds is 5. The Morgan fingerprint density at radius 1 is 1.20 bits per heavy atom. The second-order valence-electron chi connectivity index (χ2n) is 4.90. The van der Waals surface area contributed by atoms with E-state index in [4.69, 9.17) is 0 Å². The van der Waals surface area contributed by atoms with Crippen LogP contribution in [0.15, 0.2) is 29.2 Å². The summed E-state index contributed by atoms with van der Waals surface area (Å²) in [6, 6.07) is 6.42. The van der Waals surface area contributed by atoms with Crippen LogP contribution in [-0.4, -0.2) is 26.9 Å². The zero-order valence-electron chi connectivity index (χ0n) is 10.8. The van der Waals surface area contributed by atoms with E-state index in [0.717, 1.165) is 0 Å². The number of nitrogens with one attached hydrogen (secondary N) is 1. The predicted octanol–water partition coefficient (Wildman–Crippen LogP) is 2.84. The van der Waals surface area contributed by atoms with Gasteiger partial charge in [0.25, 0.3) is 0 Å². The van der Waals surface area contributed by atoms with Gasteiger partial charge in [-0.2, -0.15) is 13.2 Å². The third-order valence-electron chi connectivity index (χ3n) is 3.29. The summed E-state index contributed by atoms with van der Waals surface area (Å²) in [6.45, 7) is 0.380. The number of unbranched alkanes of at least 4 members (excludes halogenated alkanes) is 1. The molecule has 1 aliphatic heterocycles. The van der Waals surface area contributed by atoms with Crippen LogP contribution in [0.1, 0.15) is 30.9 Å². The highest BCUT2D eigenvalue weighted by Gasteiger charge is 2.33. The fourth-order valence-electron chi connectivity index (χ4n) is 2.35. The molecule has 1 heterocycles. The average Bonchev–Trinajstić information content (AvgIpc) is 2.60.